The Morgan fingerprint density at radius 3 is 2.57 bits per heavy atom. The topological polar surface area (TPSA) is 46.3 Å². The van der Waals surface area contributed by atoms with Crippen molar-refractivity contribution in [3.63, 3.8) is 0 Å². The molecule has 2 N–H and O–H groups in total. The molecule has 4 heteroatoms. The molecule has 0 aromatic heterocycles. The van der Waals surface area contributed by atoms with Gasteiger partial charge >= 0.3 is 0 Å². The Bertz CT molecular complexity index is 153. The molecular formula is C10H22N2OS. The minimum atomic E-state index is -0.220. The molecule has 0 spiro atoms. The average Bonchev–Trinajstić information content (AvgIpc) is 2.13. The van der Waals surface area contributed by atoms with Crippen molar-refractivity contribution in [3.05, 3.63) is 0 Å². The zero-order valence-corrected chi connectivity index (χ0v) is 10.1. The van der Waals surface area contributed by atoms with Crippen molar-refractivity contribution in [1.29, 1.82) is 0 Å². The fourth-order valence-corrected chi connectivity index (χ4v) is 1.89. The number of amides is 1. The van der Waals surface area contributed by atoms with Crippen molar-refractivity contribution in [3.8, 4) is 0 Å². The summed E-state index contributed by atoms with van der Waals surface area (Å²) in [7, 11) is 0. The van der Waals surface area contributed by atoms with Gasteiger partial charge in [0.25, 0.3) is 0 Å². The van der Waals surface area contributed by atoms with Gasteiger partial charge in [-0.2, -0.15) is 11.8 Å². The van der Waals surface area contributed by atoms with Gasteiger partial charge in [-0.25, -0.2) is 0 Å². The van der Waals surface area contributed by atoms with Crippen LogP contribution in [-0.4, -0.2) is 41.9 Å². The lowest BCUT2D eigenvalue weighted by Gasteiger charge is -2.19. The molecule has 0 fully saturated rings. The summed E-state index contributed by atoms with van der Waals surface area (Å²) in [6, 6.07) is 0. The number of unbranched alkanes of at least 4 members (excludes halogenated alkanes) is 1. The van der Waals surface area contributed by atoms with Crippen molar-refractivity contribution >= 4 is 17.7 Å². The van der Waals surface area contributed by atoms with Crippen LogP contribution in [0.4, 0.5) is 0 Å². The third-order valence-electron chi connectivity index (χ3n) is 1.96. The smallest absolute Gasteiger partial charge is 0.231 e. The van der Waals surface area contributed by atoms with Gasteiger partial charge < -0.3 is 5.73 Å². The van der Waals surface area contributed by atoms with E-state index in [9.17, 15) is 4.79 Å². The van der Waals surface area contributed by atoms with Crippen LogP contribution in [-0.2, 0) is 4.79 Å². The van der Waals surface area contributed by atoms with Crippen molar-refractivity contribution in [2.24, 2.45) is 5.73 Å². The number of nitrogens with two attached hydrogens (primary N) is 1. The van der Waals surface area contributed by atoms with E-state index in [1.807, 2.05) is 11.8 Å². The van der Waals surface area contributed by atoms with Crippen LogP contribution in [0, 0.1) is 0 Å². The van der Waals surface area contributed by atoms with E-state index in [1.165, 1.54) is 0 Å². The highest BCUT2D eigenvalue weighted by molar-refractivity contribution is 7.99. The first-order valence-corrected chi connectivity index (χ1v) is 6.44. The molecule has 0 aliphatic rings. The van der Waals surface area contributed by atoms with Gasteiger partial charge in [-0.1, -0.05) is 20.3 Å². The number of rotatable bonds is 9. The van der Waals surface area contributed by atoms with E-state index >= 15 is 0 Å². The molecule has 14 heavy (non-hydrogen) atoms. The molecule has 1 amide bonds. The molecule has 0 rings (SSSR count). The summed E-state index contributed by atoms with van der Waals surface area (Å²) < 4.78 is 0. The fourth-order valence-electron chi connectivity index (χ4n) is 1.21. The highest BCUT2D eigenvalue weighted by Gasteiger charge is 2.06. The summed E-state index contributed by atoms with van der Waals surface area (Å²) in [5.41, 5.74) is 5.18. The Morgan fingerprint density at radius 2 is 2.07 bits per heavy atom. The first kappa shape index (κ1) is 13.8. The minimum Gasteiger partial charge on any atom is -0.369 e. The van der Waals surface area contributed by atoms with Gasteiger partial charge in [0.1, 0.15) is 0 Å². The first-order chi connectivity index (χ1) is 6.70. The highest BCUT2D eigenvalue weighted by Crippen LogP contribution is 2.01. The molecule has 0 aromatic carbocycles. The summed E-state index contributed by atoms with van der Waals surface area (Å²) in [5.74, 6) is 2.01. The summed E-state index contributed by atoms with van der Waals surface area (Å²) in [6.07, 6.45) is 2.31. The largest absolute Gasteiger partial charge is 0.369 e. The van der Waals surface area contributed by atoms with Crippen LogP contribution in [0.15, 0.2) is 0 Å². The Morgan fingerprint density at radius 1 is 1.36 bits per heavy atom. The number of thioether (sulfide) groups is 1. The van der Waals surface area contributed by atoms with E-state index in [-0.39, 0.29) is 5.91 Å². The van der Waals surface area contributed by atoms with Gasteiger partial charge in [0, 0.05) is 12.3 Å². The molecule has 84 valence electrons. The lowest BCUT2D eigenvalue weighted by molar-refractivity contribution is -0.119. The Kier molecular flexibility index (Phi) is 9.19. The second-order valence-electron chi connectivity index (χ2n) is 3.29. The first-order valence-electron chi connectivity index (χ1n) is 5.29. The monoisotopic (exact) mass is 218 g/mol. The lowest BCUT2D eigenvalue weighted by atomic mass is 10.3. The molecule has 0 saturated heterocycles. The minimum absolute atomic E-state index is 0.220. The van der Waals surface area contributed by atoms with E-state index in [2.05, 4.69) is 18.7 Å². The van der Waals surface area contributed by atoms with Crippen molar-refractivity contribution in [2.75, 3.05) is 31.1 Å². The number of carbonyl (C=O) groups is 1. The van der Waals surface area contributed by atoms with Crippen molar-refractivity contribution < 1.29 is 4.79 Å². The van der Waals surface area contributed by atoms with Gasteiger partial charge in [-0.05, 0) is 18.7 Å². The maximum Gasteiger partial charge on any atom is 0.231 e. The quantitative estimate of drug-likeness (QED) is 0.594. The van der Waals surface area contributed by atoms with E-state index in [4.69, 9.17) is 5.73 Å². The Hall–Kier alpha value is -0.220. The fraction of sp³-hybridized carbons (Fsp3) is 0.900. The summed E-state index contributed by atoms with van der Waals surface area (Å²) in [4.78, 5) is 12.9. The second-order valence-corrected chi connectivity index (χ2v) is 4.69. The van der Waals surface area contributed by atoms with Crippen LogP contribution in [0.5, 0.6) is 0 Å². The molecule has 0 aliphatic heterocycles. The number of primary amides is 1. The van der Waals surface area contributed by atoms with Gasteiger partial charge in [0.2, 0.25) is 5.91 Å². The third-order valence-corrected chi connectivity index (χ3v) is 2.84. The average molecular weight is 218 g/mol. The van der Waals surface area contributed by atoms with Gasteiger partial charge in [0.15, 0.2) is 0 Å². The zero-order chi connectivity index (χ0) is 10.8. The number of hydrogen-bond acceptors (Lipinski definition) is 3. The van der Waals surface area contributed by atoms with E-state index in [0.717, 1.165) is 37.4 Å². The van der Waals surface area contributed by atoms with Crippen LogP contribution >= 0.6 is 11.8 Å². The SMILES string of the molecule is CCCCN(CCSCC)CC(N)=O. The molecule has 0 radical (unpaired) electrons. The molecule has 0 saturated carbocycles. The Labute approximate surface area is 91.4 Å². The number of hydrogen-bond donors (Lipinski definition) is 1. The van der Waals surface area contributed by atoms with Gasteiger partial charge in [-0.3, -0.25) is 9.69 Å². The maximum absolute atomic E-state index is 10.8. The van der Waals surface area contributed by atoms with E-state index in [0.29, 0.717) is 6.54 Å². The maximum atomic E-state index is 10.8. The lowest BCUT2D eigenvalue weighted by Crippen LogP contribution is -2.36. The standard InChI is InChI=1S/C10H22N2OS/c1-3-5-6-12(9-10(11)13)7-8-14-4-2/h3-9H2,1-2H3,(H2,11,13). The van der Waals surface area contributed by atoms with Crippen molar-refractivity contribution in [2.45, 2.75) is 26.7 Å². The van der Waals surface area contributed by atoms with Crippen LogP contribution in [0.25, 0.3) is 0 Å². The van der Waals surface area contributed by atoms with Crippen LogP contribution in [0.1, 0.15) is 26.7 Å². The molecule has 0 aromatic rings. The molecule has 0 heterocycles. The van der Waals surface area contributed by atoms with Crippen LogP contribution in [0.2, 0.25) is 0 Å². The van der Waals surface area contributed by atoms with Gasteiger partial charge in [0.05, 0.1) is 6.54 Å². The molecular weight excluding hydrogens is 196 g/mol. The molecule has 3 nitrogen and oxygen atoms in total. The number of nitrogens with zero attached hydrogens (tertiary/aromatic N) is 1. The third kappa shape index (κ3) is 8.38. The summed E-state index contributed by atoms with van der Waals surface area (Å²) in [5, 5.41) is 0. The summed E-state index contributed by atoms with van der Waals surface area (Å²) >= 11 is 1.90. The normalized spacial score (nSPS) is 10.8. The predicted molar refractivity (Wildman–Crippen MR) is 63.5 cm³/mol. The summed E-state index contributed by atoms with van der Waals surface area (Å²) in [6.45, 7) is 6.67. The molecule has 0 unspecified atom stereocenters. The zero-order valence-electron chi connectivity index (χ0n) is 9.29. The molecule has 0 atom stereocenters. The highest BCUT2D eigenvalue weighted by atomic mass is 32.2. The molecule has 0 aliphatic carbocycles. The van der Waals surface area contributed by atoms with Gasteiger partial charge in [-0.15, -0.1) is 0 Å². The van der Waals surface area contributed by atoms with Crippen molar-refractivity contribution in [1.82, 2.24) is 4.90 Å². The Balaban J connectivity index is 3.66. The van der Waals surface area contributed by atoms with Crippen LogP contribution < -0.4 is 5.73 Å². The predicted octanol–water partition coefficient (Wildman–Crippen LogP) is 1.33. The van der Waals surface area contributed by atoms with Crippen LogP contribution in [0.3, 0.4) is 0 Å². The van der Waals surface area contributed by atoms with E-state index < -0.39 is 0 Å². The second kappa shape index (κ2) is 9.34. The number of carbonyl (C=O) groups excluding carboxylic acids is 1. The molecule has 0 bridgehead atoms. The van der Waals surface area contributed by atoms with E-state index in [1.54, 1.807) is 0 Å².